The highest BCUT2D eigenvalue weighted by molar-refractivity contribution is 5.96. The van der Waals surface area contributed by atoms with Crippen molar-refractivity contribution < 1.29 is 32.6 Å². The van der Waals surface area contributed by atoms with E-state index in [-0.39, 0.29) is 17.7 Å². The van der Waals surface area contributed by atoms with Gasteiger partial charge in [-0.25, -0.2) is 13.8 Å². The van der Waals surface area contributed by atoms with Gasteiger partial charge in [0.1, 0.15) is 0 Å². The maximum atomic E-state index is 14.7. The molecule has 0 aliphatic carbocycles. The molecule has 50 heavy (non-hydrogen) atoms. The lowest BCUT2D eigenvalue weighted by Gasteiger charge is -2.39. The Kier molecular flexibility index (Phi) is 10.6. The lowest BCUT2D eigenvalue weighted by molar-refractivity contribution is -0.117. The van der Waals surface area contributed by atoms with Crippen molar-refractivity contribution in [1.82, 2.24) is 19.8 Å². The second kappa shape index (κ2) is 15.0. The third-order valence-electron chi connectivity index (χ3n) is 10.4. The summed E-state index contributed by atoms with van der Waals surface area (Å²) in [7, 11) is 4.50. The molecule has 3 aromatic carbocycles. The van der Waals surface area contributed by atoms with Gasteiger partial charge >= 0.3 is 0 Å². The summed E-state index contributed by atoms with van der Waals surface area (Å²) in [5.74, 6) is 0.0201. The fraction of sp³-hybridized carbons (Fsp3) is 0.447. The molecule has 266 valence electrons. The number of Topliss-reactive ketones (excluding diaryl/α,β-unsaturated/α-hetero) is 1. The van der Waals surface area contributed by atoms with Crippen LogP contribution in [0.1, 0.15) is 54.9 Å². The summed E-state index contributed by atoms with van der Waals surface area (Å²) in [5, 5.41) is 0. The number of carbonyl (C=O) groups is 2. The van der Waals surface area contributed by atoms with Crippen LogP contribution in [0.3, 0.4) is 0 Å². The molecule has 4 aromatic rings. The number of aromatic amines is 1. The van der Waals surface area contributed by atoms with E-state index in [1.807, 2.05) is 31.2 Å². The first kappa shape index (κ1) is 35.1. The molecular formula is C38H45F2N5O5. The van der Waals surface area contributed by atoms with Gasteiger partial charge in [-0.15, -0.1) is 0 Å². The molecule has 1 aromatic heterocycles. The predicted molar refractivity (Wildman–Crippen MR) is 187 cm³/mol. The molecule has 2 aliphatic heterocycles. The number of halogens is 2. The summed E-state index contributed by atoms with van der Waals surface area (Å²) in [6, 6.07) is 15.4. The van der Waals surface area contributed by atoms with E-state index >= 15 is 0 Å². The fourth-order valence-corrected chi connectivity index (χ4v) is 7.42. The van der Waals surface area contributed by atoms with Gasteiger partial charge in [-0.2, -0.15) is 0 Å². The molecule has 2 saturated heterocycles. The van der Waals surface area contributed by atoms with Crippen LogP contribution < -0.4 is 19.1 Å². The largest absolute Gasteiger partial charge is 0.493 e. The fourth-order valence-electron chi connectivity index (χ4n) is 7.42. The maximum absolute atomic E-state index is 14.7. The summed E-state index contributed by atoms with van der Waals surface area (Å²) in [6.07, 6.45) is 3.41. The van der Waals surface area contributed by atoms with Crippen LogP contribution in [0.5, 0.6) is 17.2 Å². The Morgan fingerprint density at radius 2 is 1.68 bits per heavy atom. The molecule has 10 nitrogen and oxygen atoms in total. The van der Waals surface area contributed by atoms with Crippen molar-refractivity contribution in [3.8, 4) is 17.2 Å². The second-order valence-corrected chi connectivity index (χ2v) is 13.2. The number of amides is 1. The Balaban J connectivity index is 1.18. The number of benzene rings is 3. The zero-order chi connectivity index (χ0) is 35.4. The van der Waals surface area contributed by atoms with E-state index in [4.69, 9.17) is 19.2 Å². The molecule has 6 rings (SSSR count). The predicted octanol–water partition coefficient (Wildman–Crippen LogP) is 5.99. The third kappa shape index (κ3) is 7.12. The second-order valence-electron chi connectivity index (χ2n) is 13.2. The number of carbonyl (C=O) groups excluding carboxylic acids is 2. The van der Waals surface area contributed by atoms with Gasteiger partial charge in [-0.05, 0) is 74.2 Å². The normalized spacial score (nSPS) is 18.4. The van der Waals surface area contributed by atoms with E-state index in [2.05, 4.69) is 14.8 Å². The van der Waals surface area contributed by atoms with Gasteiger partial charge in [0, 0.05) is 49.6 Å². The quantitative estimate of drug-likeness (QED) is 0.183. The summed E-state index contributed by atoms with van der Waals surface area (Å²) < 4.78 is 45.1. The Labute approximate surface area is 291 Å². The van der Waals surface area contributed by atoms with Gasteiger partial charge in [0.2, 0.25) is 11.7 Å². The molecule has 3 heterocycles. The van der Waals surface area contributed by atoms with Crippen LogP contribution in [0.4, 0.5) is 14.7 Å². The Morgan fingerprint density at radius 3 is 2.32 bits per heavy atom. The first-order valence-corrected chi connectivity index (χ1v) is 17.2. The molecule has 1 amide bonds. The number of ketones is 1. The number of rotatable bonds is 13. The molecule has 12 heteroatoms. The summed E-state index contributed by atoms with van der Waals surface area (Å²) in [4.78, 5) is 41.0. The van der Waals surface area contributed by atoms with Crippen LogP contribution in [-0.2, 0) is 10.2 Å². The first-order chi connectivity index (χ1) is 24.2. The van der Waals surface area contributed by atoms with Crippen molar-refractivity contribution in [2.75, 3.05) is 65.5 Å². The van der Waals surface area contributed by atoms with Crippen LogP contribution in [-0.4, -0.2) is 98.1 Å². The lowest BCUT2D eigenvalue weighted by atomic mass is 9.76. The third-order valence-corrected chi connectivity index (χ3v) is 10.4. The minimum atomic E-state index is -0.899. The Hall–Kier alpha value is -4.71. The Bertz CT molecular complexity index is 1780. The number of anilines is 1. The number of likely N-dealkylation sites (tertiary alicyclic amines) is 2. The van der Waals surface area contributed by atoms with Crippen LogP contribution in [0.25, 0.3) is 11.0 Å². The minimum absolute atomic E-state index is 0.139. The van der Waals surface area contributed by atoms with E-state index in [9.17, 15) is 18.4 Å². The number of ether oxygens (including phenoxy) is 3. The molecule has 0 spiro atoms. The van der Waals surface area contributed by atoms with Crippen LogP contribution in [0.15, 0.2) is 54.6 Å². The number of fused-ring (bicyclic) bond motifs is 1. The van der Waals surface area contributed by atoms with Crippen molar-refractivity contribution in [3.63, 3.8) is 0 Å². The van der Waals surface area contributed by atoms with E-state index in [0.717, 1.165) is 43.5 Å². The number of piperidine rings is 1. The summed E-state index contributed by atoms with van der Waals surface area (Å²) >= 11 is 0. The smallest absolute Gasteiger partial charge is 0.254 e. The van der Waals surface area contributed by atoms with Crippen molar-refractivity contribution in [1.29, 1.82) is 0 Å². The SMILES string of the molecule is CCC(=O)CN(c1nc2ccccc2[nH]1)C1CCN(CCC2(c3ccc(F)c(F)c3)CCN(C(=O)c3cc(OC)c(OC)c(OC)c3)C2)CC1. The minimum Gasteiger partial charge on any atom is -0.493 e. The van der Waals surface area contributed by atoms with E-state index in [1.54, 1.807) is 23.1 Å². The number of methoxy groups -OCH3 is 3. The average molecular weight is 690 g/mol. The van der Waals surface area contributed by atoms with Gasteiger partial charge in [0.15, 0.2) is 28.9 Å². The first-order valence-electron chi connectivity index (χ1n) is 17.2. The molecule has 2 aliphatic rings. The van der Waals surface area contributed by atoms with Gasteiger partial charge in [0.25, 0.3) is 5.91 Å². The number of para-hydroxylation sites is 2. The number of hydrogen-bond donors (Lipinski definition) is 1. The van der Waals surface area contributed by atoms with E-state index in [1.165, 1.54) is 33.5 Å². The highest BCUT2D eigenvalue weighted by Crippen LogP contribution is 2.42. The summed E-state index contributed by atoms with van der Waals surface area (Å²) in [6.45, 7) is 5.32. The van der Waals surface area contributed by atoms with Gasteiger partial charge < -0.3 is 33.9 Å². The molecule has 1 N–H and O–H groups in total. The van der Waals surface area contributed by atoms with Crippen molar-refractivity contribution in [2.45, 2.75) is 50.5 Å². The lowest BCUT2D eigenvalue weighted by Crippen LogP contribution is -2.48. The molecule has 1 atom stereocenters. The van der Waals surface area contributed by atoms with Crippen molar-refractivity contribution in [3.05, 3.63) is 77.4 Å². The van der Waals surface area contributed by atoms with E-state index in [0.29, 0.717) is 73.2 Å². The van der Waals surface area contributed by atoms with Gasteiger partial charge in [-0.1, -0.05) is 25.1 Å². The molecule has 0 bridgehead atoms. The zero-order valence-electron chi connectivity index (χ0n) is 29.1. The number of H-pyrrole nitrogens is 1. The van der Waals surface area contributed by atoms with Crippen LogP contribution in [0, 0.1) is 11.6 Å². The van der Waals surface area contributed by atoms with E-state index < -0.39 is 17.0 Å². The zero-order valence-corrected chi connectivity index (χ0v) is 29.1. The molecule has 1 unspecified atom stereocenters. The standard InChI is InChI=1S/C38H45F2N5O5/c1-5-28(46)23-45(37-41-31-8-6-7-9-32(31)42-37)27-12-16-43(17-13-27)18-14-38(26-10-11-29(39)30(40)22-26)15-19-44(24-38)36(47)25-20-33(48-2)35(50-4)34(21-25)49-3/h6-11,20-22,27H,5,12-19,23-24H2,1-4H3,(H,41,42). The molecule has 0 radical (unpaired) electrons. The van der Waals surface area contributed by atoms with Crippen molar-refractivity contribution >= 4 is 28.7 Å². The summed E-state index contributed by atoms with van der Waals surface area (Å²) in [5.41, 5.74) is 2.30. The highest BCUT2D eigenvalue weighted by atomic mass is 19.2. The number of aromatic nitrogens is 2. The molecular weight excluding hydrogens is 644 g/mol. The molecule has 2 fully saturated rings. The maximum Gasteiger partial charge on any atom is 0.254 e. The van der Waals surface area contributed by atoms with Crippen LogP contribution in [0.2, 0.25) is 0 Å². The van der Waals surface area contributed by atoms with Crippen molar-refractivity contribution in [2.24, 2.45) is 0 Å². The number of nitrogens with one attached hydrogen (secondary N) is 1. The van der Waals surface area contributed by atoms with Gasteiger partial charge in [0.05, 0.1) is 38.9 Å². The Morgan fingerprint density at radius 1 is 0.960 bits per heavy atom. The van der Waals surface area contributed by atoms with Gasteiger partial charge in [-0.3, -0.25) is 9.59 Å². The number of nitrogens with zero attached hydrogens (tertiary/aromatic N) is 4. The monoisotopic (exact) mass is 689 g/mol. The average Bonchev–Trinajstić information content (AvgIpc) is 3.79. The molecule has 0 saturated carbocycles. The number of hydrogen-bond acceptors (Lipinski definition) is 8. The topological polar surface area (TPSA) is 100 Å². The highest BCUT2D eigenvalue weighted by Gasteiger charge is 2.42. The van der Waals surface area contributed by atoms with Crippen LogP contribution >= 0.6 is 0 Å². The number of imidazole rings is 1.